The van der Waals surface area contributed by atoms with Gasteiger partial charge in [-0.25, -0.2) is 4.52 Å². The fourth-order valence-corrected chi connectivity index (χ4v) is 4.56. The summed E-state index contributed by atoms with van der Waals surface area (Å²) in [6.07, 6.45) is 0. The number of amides is 1. The van der Waals surface area contributed by atoms with E-state index >= 15 is 0 Å². The highest BCUT2D eigenvalue weighted by molar-refractivity contribution is 7.15. The topological polar surface area (TPSA) is 114 Å². The van der Waals surface area contributed by atoms with Gasteiger partial charge in [-0.2, -0.15) is 14.8 Å². The fraction of sp³-hybridized carbons (Fsp3) is 0.125. The van der Waals surface area contributed by atoms with Gasteiger partial charge in [0, 0.05) is 17.0 Å². The van der Waals surface area contributed by atoms with Crippen molar-refractivity contribution in [1.82, 2.24) is 24.4 Å². The number of fused-ring (bicyclic) bond motifs is 1. The third-order valence-electron chi connectivity index (χ3n) is 5.34. The lowest BCUT2D eigenvalue weighted by Crippen LogP contribution is -2.25. The minimum Gasteiger partial charge on any atom is -0.505 e. The molecule has 9 nitrogen and oxygen atoms in total. The van der Waals surface area contributed by atoms with Gasteiger partial charge in [0.1, 0.15) is 0 Å². The molecule has 0 unspecified atom stereocenters. The van der Waals surface area contributed by atoms with Crippen molar-refractivity contribution in [3.05, 3.63) is 86.6 Å². The number of carbonyl (C=O) groups excluding carboxylic acids is 1. The van der Waals surface area contributed by atoms with Crippen molar-refractivity contribution in [2.75, 3.05) is 5.32 Å². The van der Waals surface area contributed by atoms with Crippen LogP contribution in [0.15, 0.2) is 58.7 Å². The number of aryl methyl sites for hydroxylation is 3. The van der Waals surface area contributed by atoms with E-state index in [1.807, 2.05) is 44.4 Å². The number of aromatic nitrogens is 5. The highest BCUT2D eigenvalue weighted by Gasteiger charge is 2.20. The van der Waals surface area contributed by atoms with Crippen molar-refractivity contribution in [2.45, 2.75) is 20.8 Å². The minimum absolute atomic E-state index is 0.0670. The highest BCUT2D eigenvalue weighted by Crippen LogP contribution is 2.29. The van der Waals surface area contributed by atoms with E-state index in [0.29, 0.717) is 10.6 Å². The van der Waals surface area contributed by atoms with Gasteiger partial charge >= 0.3 is 0 Å². The second-order valence-electron chi connectivity index (χ2n) is 7.99. The van der Waals surface area contributed by atoms with Crippen LogP contribution >= 0.6 is 11.3 Å². The monoisotopic (exact) mass is 472 g/mol. The second kappa shape index (κ2) is 8.23. The van der Waals surface area contributed by atoms with Crippen LogP contribution in [0.4, 0.5) is 5.95 Å². The predicted octanol–water partition coefficient (Wildman–Crippen LogP) is 3.89. The number of benzene rings is 2. The summed E-state index contributed by atoms with van der Waals surface area (Å²) < 4.78 is 2.73. The molecular weight excluding hydrogens is 452 g/mol. The summed E-state index contributed by atoms with van der Waals surface area (Å²) in [5, 5.41) is 23.3. The van der Waals surface area contributed by atoms with Gasteiger partial charge in [0.25, 0.3) is 17.4 Å². The summed E-state index contributed by atoms with van der Waals surface area (Å²) in [4.78, 5) is 30.3. The van der Waals surface area contributed by atoms with Gasteiger partial charge < -0.3 is 5.11 Å². The van der Waals surface area contributed by atoms with Crippen LogP contribution < -0.4 is 10.9 Å². The maximum atomic E-state index is 12.9. The first-order valence-corrected chi connectivity index (χ1v) is 11.3. The molecule has 170 valence electrons. The van der Waals surface area contributed by atoms with Gasteiger partial charge in [-0.15, -0.1) is 16.4 Å². The molecule has 2 N–H and O–H groups in total. The van der Waals surface area contributed by atoms with E-state index in [2.05, 4.69) is 26.6 Å². The summed E-state index contributed by atoms with van der Waals surface area (Å²) in [5.74, 6) is -1.19. The zero-order valence-electron chi connectivity index (χ0n) is 18.6. The molecule has 0 fully saturated rings. The van der Waals surface area contributed by atoms with Crippen molar-refractivity contribution in [3.63, 3.8) is 0 Å². The molecule has 2 aromatic carbocycles. The third-order valence-corrected chi connectivity index (χ3v) is 6.15. The SMILES string of the molecule is Cc1cccc(-n2nc(C(=O)Nc3nc4scc(-c5ccc(C)cc5C)n4n3)c(O)cc2=O)c1. The normalized spacial score (nSPS) is 11.1. The quantitative estimate of drug-likeness (QED) is 0.410. The molecule has 3 aromatic heterocycles. The van der Waals surface area contributed by atoms with Crippen LogP contribution in [0.1, 0.15) is 27.2 Å². The van der Waals surface area contributed by atoms with Crippen LogP contribution in [0.5, 0.6) is 5.75 Å². The number of hydrogen-bond donors (Lipinski definition) is 2. The lowest BCUT2D eigenvalue weighted by Gasteiger charge is -2.09. The number of thiazole rings is 1. The third kappa shape index (κ3) is 3.84. The van der Waals surface area contributed by atoms with Gasteiger partial charge in [0.2, 0.25) is 4.96 Å². The van der Waals surface area contributed by atoms with E-state index in [1.54, 1.807) is 22.7 Å². The van der Waals surface area contributed by atoms with E-state index in [4.69, 9.17) is 0 Å². The molecule has 0 aliphatic rings. The standard InChI is InChI=1S/C24H20N6O3S/c1-13-5-4-6-16(10-13)29-20(32)11-19(31)21(27-29)22(33)25-23-26-24-30(28-23)18(12-34-24)17-8-7-14(2)9-15(17)3/h4-12,31H,1-3H3,(H,25,28,33). The molecule has 34 heavy (non-hydrogen) atoms. The molecule has 0 aliphatic carbocycles. The molecule has 5 rings (SSSR count). The summed E-state index contributed by atoms with van der Waals surface area (Å²) >= 11 is 1.40. The first kappa shape index (κ1) is 21.5. The summed E-state index contributed by atoms with van der Waals surface area (Å²) in [5.41, 5.74) is 4.69. The number of carbonyl (C=O) groups is 1. The smallest absolute Gasteiger partial charge is 0.282 e. The molecular formula is C24H20N6O3S. The Kier molecular flexibility index (Phi) is 5.21. The number of aromatic hydroxyl groups is 1. The molecule has 5 aromatic rings. The van der Waals surface area contributed by atoms with Crippen molar-refractivity contribution >= 4 is 28.2 Å². The molecule has 0 radical (unpaired) electrons. The first-order valence-electron chi connectivity index (χ1n) is 10.4. The van der Waals surface area contributed by atoms with Crippen LogP contribution in [0.25, 0.3) is 21.9 Å². The molecule has 0 saturated heterocycles. The second-order valence-corrected chi connectivity index (χ2v) is 8.83. The maximum Gasteiger partial charge on any atom is 0.282 e. The Balaban J connectivity index is 1.48. The largest absolute Gasteiger partial charge is 0.505 e. The van der Waals surface area contributed by atoms with E-state index in [-0.39, 0.29) is 11.6 Å². The zero-order chi connectivity index (χ0) is 24.0. The minimum atomic E-state index is -0.731. The molecule has 1 amide bonds. The molecule has 3 heterocycles. The van der Waals surface area contributed by atoms with Crippen molar-refractivity contribution < 1.29 is 9.90 Å². The molecule has 0 bridgehead atoms. The van der Waals surface area contributed by atoms with Gasteiger partial charge in [-0.05, 0) is 44.0 Å². The van der Waals surface area contributed by atoms with Gasteiger partial charge in [0.15, 0.2) is 11.4 Å². The average molecular weight is 473 g/mol. The number of anilines is 1. The summed E-state index contributed by atoms with van der Waals surface area (Å²) in [6.45, 7) is 5.95. The van der Waals surface area contributed by atoms with E-state index in [9.17, 15) is 14.7 Å². The van der Waals surface area contributed by atoms with E-state index in [0.717, 1.165) is 33.1 Å². The Morgan fingerprint density at radius 2 is 1.82 bits per heavy atom. The first-order chi connectivity index (χ1) is 16.3. The van der Waals surface area contributed by atoms with Gasteiger partial charge in [0.05, 0.1) is 11.4 Å². The Labute approximate surface area is 198 Å². The molecule has 0 atom stereocenters. The lowest BCUT2D eigenvalue weighted by molar-refractivity contribution is 0.101. The molecule has 0 saturated carbocycles. The van der Waals surface area contributed by atoms with Crippen molar-refractivity contribution in [3.8, 4) is 22.7 Å². The molecule has 0 spiro atoms. The van der Waals surface area contributed by atoms with E-state index in [1.165, 1.54) is 16.9 Å². The van der Waals surface area contributed by atoms with Crippen molar-refractivity contribution in [1.29, 1.82) is 0 Å². The average Bonchev–Trinajstić information content (AvgIpc) is 3.34. The van der Waals surface area contributed by atoms with Crippen LogP contribution in [0.2, 0.25) is 0 Å². The predicted molar refractivity (Wildman–Crippen MR) is 130 cm³/mol. The Morgan fingerprint density at radius 3 is 2.59 bits per heavy atom. The fourth-order valence-electron chi connectivity index (χ4n) is 3.74. The highest BCUT2D eigenvalue weighted by atomic mass is 32.1. The lowest BCUT2D eigenvalue weighted by atomic mass is 10.0. The Morgan fingerprint density at radius 1 is 1.03 bits per heavy atom. The Hall–Kier alpha value is -4.31. The molecule has 0 aliphatic heterocycles. The van der Waals surface area contributed by atoms with Crippen LogP contribution in [-0.2, 0) is 0 Å². The van der Waals surface area contributed by atoms with Gasteiger partial charge in [-0.3, -0.25) is 14.9 Å². The van der Waals surface area contributed by atoms with E-state index < -0.39 is 17.2 Å². The number of nitrogens with zero attached hydrogens (tertiary/aromatic N) is 5. The summed E-state index contributed by atoms with van der Waals surface area (Å²) in [7, 11) is 0. The maximum absolute atomic E-state index is 12.9. The summed E-state index contributed by atoms with van der Waals surface area (Å²) in [6, 6.07) is 14.2. The number of hydrogen-bond acceptors (Lipinski definition) is 7. The molecule has 10 heteroatoms. The number of nitrogens with one attached hydrogen (secondary N) is 1. The Bertz CT molecular complexity index is 1630. The van der Waals surface area contributed by atoms with Crippen LogP contribution in [-0.4, -0.2) is 35.4 Å². The van der Waals surface area contributed by atoms with Crippen molar-refractivity contribution in [2.24, 2.45) is 0 Å². The van der Waals surface area contributed by atoms with Crippen LogP contribution in [0.3, 0.4) is 0 Å². The van der Waals surface area contributed by atoms with Crippen LogP contribution in [0, 0.1) is 20.8 Å². The number of rotatable bonds is 4. The zero-order valence-corrected chi connectivity index (χ0v) is 19.4. The van der Waals surface area contributed by atoms with Gasteiger partial charge in [-0.1, -0.05) is 35.9 Å².